The molecule has 1 heterocycles. The second-order valence-corrected chi connectivity index (χ2v) is 4.74. The summed E-state index contributed by atoms with van der Waals surface area (Å²) < 4.78 is 0. The Morgan fingerprint density at radius 3 is 2.60 bits per heavy atom. The van der Waals surface area contributed by atoms with Crippen molar-refractivity contribution >= 4 is 11.8 Å². The molecule has 1 fully saturated rings. The van der Waals surface area contributed by atoms with Crippen LogP contribution in [-0.2, 0) is 9.59 Å². The quantitative estimate of drug-likeness (QED) is 0.756. The van der Waals surface area contributed by atoms with Gasteiger partial charge in [-0.2, -0.15) is 0 Å². The molecular weight excluding hydrogens is 192 g/mol. The van der Waals surface area contributed by atoms with E-state index in [1.54, 1.807) is 18.7 Å². The maximum atomic E-state index is 12.0. The summed E-state index contributed by atoms with van der Waals surface area (Å²) in [5.74, 6) is -0.0504. The summed E-state index contributed by atoms with van der Waals surface area (Å²) in [6, 6.07) is 0.146. The van der Waals surface area contributed by atoms with Gasteiger partial charge in [0, 0.05) is 6.04 Å². The van der Waals surface area contributed by atoms with Gasteiger partial charge in [0.15, 0.2) is 0 Å². The van der Waals surface area contributed by atoms with E-state index in [0.29, 0.717) is 0 Å². The summed E-state index contributed by atoms with van der Waals surface area (Å²) in [6.45, 7) is 7.77. The molecule has 1 unspecified atom stereocenters. The molecule has 86 valence electrons. The molecule has 0 spiro atoms. The number of hydrogen-bond donors (Lipinski definition) is 1. The minimum atomic E-state index is -0.753. The van der Waals surface area contributed by atoms with Gasteiger partial charge >= 0.3 is 0 Å². The van der Waals surface area contributed by atoms with Crippen LogP contribution in [0.2, 0.25) is 0 Å². The molecule has 0 aromatic carbocycles. The Labute approximate surface area is 91.0 Å². The first-order valence-electron chi connectivity index (χ1n) is 5.50. The van der Waals surface area contributed by atoms with E-state index in [-0.39, 0.29) is 24.4 Å². The lowest BCUT2D eigenvalue weighted by atomic mass is 9.98. The van der Waals surface area contributed by atoms with E-state index in [9.17, 15) is 9.59 Å². The van der Waals surface area contributed by atoms with Gasteiger partial charge in [-0.05, 0) is 27.2 Å². The van der Waals surface area contributed by atoms with E-state index in [2.05, 4.69) is 12.2 Å². The first kappa shape index (κ1) is 12.0. The zero-order chi connectivity index (χ0) is 11.6. The van der Waals surface area contributed by atoms with Crippen molar-refractivity contribution in [1.82, 2.24) is 10.2 Å². The summed E-state index contributed by atoms with van der Waals surface area (Å²) in [6.07, 6.45) is 1.96. The van der Waals surface area contributed by atoms with Crippen LogP contribution >= 0.6 is 0 Å². The minimum Gasteiger partial charge on any atom is -0.341 e. The van der Waals surface area contributed by atoms with Crippen molar-refractivity contribution in [2.45, 2.75) is 52.1 Å². The van der Waals surface area contributed by atoms with Crippen molar-refractivity contribution in [2.75, 3.05) is 6.54 Å². The molecule has 0 aliphatic carbocycles. The molecule has 0 radical (unpaired) electrons. The van der Waals surface area contributed by atoms with E-state index < -0.39 is 5.54 Å². The number of nitrogens with zero attached hydrogens (tertiary/aromatic N) is 1. The fourth-order valence-electron chi connectivity index (χ4n) is 1.96. The summed E-state index contributed by atoms with van der Waals surface area (Å²) in [5.41, 5.74) is -0.753. The molecule has 4 heteroatoms. The Bertz CT molecular complexity index is 274. The highest BCUT2D eigenvalue weighted by Crippen LogP contribution is 2.17. The van der Waals surface area contributed by atoms with Crippen LogP contribution in [0, 0.1) is 0 Å². The van der Waals surface area contributed by atoms with Crippen molar-refractivity contribution in [1.29, 1.82) is 0 Å². The second kappa shape index (κ2) is 4.21. The van der Waals surface area contributed by atoms with Crippen LogP contribution in [0.25, 0.3) is 0 Å². The molecule has 0 saturated carbocycles. The molecule has 1 aliphatic heterocycles. The van der Waals surface area contributed by atoms with Gasteiger partial charge in [-0.25, -0.2) is 0 Å². The monoisotopic (exact) mass is 212 g/mol. The Morgan fingerprint density at radius 2 is 2.07 bits per heavy atom. The molecule has 2 amide bonds. The number of amides is 2. The third-order valence-electron chi connectivity index (χ3n) is 2.80. The average Bonchev–Trinajstić information content (AvgIpc) is 2.10. The topological polar surface area (TPSA) is 49.4 Å². The van der Waals surface area contributed by atoms with Crippen LogP contribution in [0.5, 0.6) is 0 Å². The fourth-order valence-corrected chi connectivity index (χ4v) is 1.96. The maximum Gasteiger partial charge on any atom is 0.248 e. The number of hydrogen-bond acceptors (Lipinski definition) is 2. The van der Waals surface area contributed by atoms with Crippen molar-refractivity contribution in [2.24, 2.45) is 0 Å². The van der Waals surface area contributed by atoms with Crippen LogP contribution in [0.1, 0.15) is 40.5 Å². The first-order chi connectivity index (χ1) is 6.88. The molecule has 0 bridgehead atoms. The lowest BCUT2D eigenvalue weighted by Crippen LogP contribution is -2.65. The molecule has 15 heavy (non-hydrogen) atoms. The van der Waals surface area contributed by atoms with Gasteiger partial charge in [-0.1, -0.05) is 13.3 Å². The van der Waals surface area contributed by atoms with Gasteiger partial charge < -0.3 is 10.2 Å². The third kappa shape index (κ3) is 2.49. The highest BCUT2D eigenvalue weighted by atomic mass is 16.2. The fraction of sp³-hybridized carbons (Fsp3) is 0.818. The Balaban J connectivity index is 2.79. The predicted octanol–water partition coefficient (Wildman–Crippen LogP) is 0.912. The van der Waals surface area contributed by atoms with E-state index in [1.165, 1.54) is 0 Å². The number of piperazine rings is 1. The van der Waals surface area contributed by atoms with Crippen LogP contribution < -0.4 is 5.32 Å². The highest BCUT2D eigenvalue weighted by Gasteiger charge is 2.40. The minimum absolute atomic E-state index is 0.0167. The van der Waals surface area contributed by atoms with E-state index in [0.717, 1.165) is 12.8 Å². The van der Waals surface area contributed by atoms with Crippen LogP contribution in [0.4, 0.5) is 0 Å². The van der Waals surface area contributed by atoms with Crippen molar-refractivity contribution < 1.29 is 9.59 Å². The first-order valence-corrected chi connectivity index (χ1v) is 5.50. The molecular formula is C11H20N2O2. The largest absolute Gasteiger partial charge is 0.341 e. The van der Waals surface area contributed by atoms with Crippen LogP contribution in [0.15, 0.2) is 0 Å². The molecule has 1 rings (SSSR count). The molecule has 1 N–H and O–H groups in total. The standard InChI is InChI=1S/C11H20N2O2/c1-5-6-8(2)13-7-9(14)12-11(3,4)10(13)15/h8H,5-7H2,1-4H3,(H,12,14). The SMILES string of the molecule is CCCC(C)N1CC(=O)NC(C)(C)C1=O. The van der Waals surface area contributed by atoms with Gasteiger partial charge in [-0.3, -0.25) is 9.59 Å². The molecule has 1 aliphatic rings. The Kier molecular flexibility index (Phi) is 3.37. The van der Waals surface area contributed by atoms with Gasteiger partial charge in [0.05, 0.1) is 6.54 Å². The summed E-state index contributed by atoms with van der Waals surface area (Å²) >= 11 is 0. The van der Waals surface area contributed by atoms with Crippen molar-refractivity contribution in [3.05, 3.63) is 0 Å². The number of carbonyl (C=O) groups is 2. The lowest BCUT2D eigenvalue weighted by molar-refractivity contribution is -0.150. The van der Waals surface area contributed by atoms with E-state index in [4.69, 9.17) is 0 Å². The number of carbonyl (C=O) groups excluding carboxylic acids is 2. The zero-order valence-corrected chi connectivity index (χ0v) is 9.96. The summed E-state index contributed by atoms with van der Waals surface area (Å²) in [5, 5.41) is 2.70. The average molecular weight is 212 g/mol. The molecule has 4 nitrogen and oxygen atoms in total. The summed E-state index contributed by atoms with van der Waals surface area (Å²) in [7, 11) is 0. The molecule has 1 saturated heterocycles. The highest BCUT2D eigenvalue weighted by molar-refractivity contribution is 5.97. The van der Waals surface area contributed by atoms with E-state index in [1.807, 2.05) is 6.92 Å². The zero-order valence-electron chi connectivity index (χ0n) is 9.96. The van der Waals surface area contributed by atoms with Gasteiger partial charge in [0.25, 0.3) is 0 Å². The molecule has 1 atom stereocenters. The Morgan fingerprint density at radius 1 is 1.47 bits per heavy atom. The molecule has 0 aromatic heterocycles. The Hall–Kier alpha value is -1.06. The third-order valence-corrected chi connectivity index (χ3v) is 2.80. The number of rotatable bonds is 3. The molecule has 0 aromatic rings. The van der Waals surface area contributed by atoms with Crippen LogP contribution in [-0.4, -0.2) is 34.8 Å². The van der Waals surface area contributed by atoms with Crippen LogP contribution in [0.3, 0.4) is 0 Å². The smallest absolute Gasteiger partial charge is 0.248 e. The van der Waals surface area contributed by atoms with Gasteiger partial charge in [0.2, 0.25) is 11.8 Å². The van der Waals surface area contributed by atoms with Gasteiger partial charge in [-0.15, -0.1) is 0 Å². The summed E-state index contributed by atoms with van der Waals surface area (Å²) in [4.78, 5) is 25.1. The number of nitrogens with one attached hydrogen (secondary N) is 1. The normalized spacial score (nSPS) is 22.5. The van der Waals surface area contributed by atoms with Gasteiger partial charge in [0.1, 0.15) is 5.54 Å². The predicted molar refractivity (Wildman–Crippen MR) is 58.3 cm³/mol. The second-order valence-electron chi connectivity index (χ2n) is 4.74. The lowest BCUT2D eigenvalue weighted by Gasteiger charge is -2.40. The van der Waals surface area contributed by atoms with Crippen molar-refractivity contribution in [3.8, 4) is 0 Å². The van der Waals surface area contributed by atoms with Crippen molar-refractivity contribution in [3.63, 3.8) is 0 Å². The maximum absolute atomic E-state index is 12.0. The van der Waals surface area contributed by atoms with E-state index >= 15 is 0 Å².